The Kier molecular flexibility index (Phi) is 8.11. The van der Waals surface area contributed by atoms with Crippen LogP contribution in [0, 0.1) is 11.3 Å². The fourth-order valence-electron chi connectivity index (χ4n) is 5.75. The first-order valence-corrected chi connectivity index (χ1v) is 15.2. The summed E-state index contributed by atoms with van der Waals surface area (Å²) < 4.78 is 20.7. The lowest BCUT2D eigenvalue weighted by molar-refractivity contribution is -0.139. The van der Waals surface area contributed by atoms with Crippen LogP contribution in [-0.2, 0) is 16.1 Å². The van der Waals surface area contributed by atoms with Gasteiger partial charge in [-0.15, -0.1) is 0 Å². The van der Waals surface area contributed by atoms with Gasteiger partial charge in [-0.05, 0) is 55.8 Å². The van der Waals surface area contributed by atoms with E-state index in [1.165, 1.54) is 15.9 Å². The van der Waals surface area contributed by atoms with E-state index in [4.69, 9.17) is 19.2 Å². The summed E-state index contributed by atoms with van der Waals surface area (Å²) in [5.74, 6) is 0.493. The first-order valence-electron chi connectivity index (χ1n) is 14.4. The van der Waals surface area contributed by atoms with Crippen LogP contribution in [0.25, 0.3) is 17.0 Å². The molecule has 9 nitrogen and oxygen atoms in total. The molecule has 0 fully saturated rings. The molecule has 3 heterocycles. The number of hydrogen-bond donors (Lipinski definition) is 0. The molecular formula is C35H30N4O5S. The summed E-state index contributed by atoms with van der Waals surface area (Å²) in [4.78, 5) is 32.8. The minimum atomic E-state index is -0.851. The molecule has 0 radical (unpaired) electrons. The van der Waals surface area contributed by atoms with Gasteiger partial charge in [0, 0.05) is 34.8 Å². The second-order valence-electron chi connectivity index (χ2n) is 10.4. The lowest BCUT2D eigenvalue weighted by Gasteiger charge is -2.26. The Labute approximate surface area is 263 Å². The number of nitriles is 1. The Morgan fingerprint density at radius 2 is 1.87 bits per heavy atom. The molecule has 0 aliphatic carbocycles. The number of fused-ring (bicyclic) bond motifs is 2. The predicted molar refractivity (Wildman–Crippen MR) is 172 cm³/mol. The van der Waals surface area contributed by atoms with E-state index in [1.807, 2.05) is 60.8 Å². The van der Waals surface area contributed by atoms with Crippen LogP contribution in [0.5, 0.6) is 11.5 Å². The number of aromatic nitrogens is 2. The average Bonchev–Trinajstić information content (AvgIpc) is 3.56. The van der Waals surface area contributed by atoms with E-state index in [9.17, 15) is 14.9 Å². The summed E-state index contributed by atoms with van der Waals surface area (Å²) in [7, 11) is 3.10. The Balaban J connectivity index is 1.55. The second kappa shape index (κ2) is 12.3. The van der Waals surface area contributed by atoms with Crippen LogP contribution >= 0.6 is 11.3 Å². The van der Waals surface area contributed by atoms with Crippen LogP contribution in [0.15, 0.2) is 94.0 Å². The van der Waals surface area contributed by atoms with E-state index in [0.717, 1.165) is 22.0 Å². The molecular weight excluding hydrogens is 588 g/mol. The number of para-hydroxylation sites is 1. The predicted octanol–water partition coefficient (Wildman–Crippen LogP) is 4.69. The molecule has 3 aromatic carbocycles. The summed E-state index contributed by atoms with van der Waals surface area (Å²) in [5, 5.41) is 10.6. The van der Waals surface area contributed by atoms with Gasteiger partial charge in [-0.3, -0.25) is 9.36 Å². The van der Waals surface area contributed by atoms with Crippen LogP contribution in [0.1, 0.15) is 42.1 Å². The lowest BCUT2D eigenvalue weighted by atomic mass is 9.94. The van der Waals surface area contributed by atoms with Gasteiger partial charge in [0.2, 0.25) is 0 Å². The van der Waals surface area contributed by atoms with Crippen molar-refractivity contribution in [3.63, 3.8) is 0 Å². The highest BCUT2D eigenvalue weighted by molar-refractivity contribution is 7.07. The van der Waals surface area contributed by atoms with Crippen molar-refractivity contribution in [3.8, 4) is 17.6 Å². The summed E-state index contributed by atoms with van der Waals surface area (Å²) in [5.41, 5.74) is 4.35. The molecule has 0 saturated carbocycles. The molecule has 6 rings (SSSR count). The number of rotatable bonds is 8. The smallest absolute Gasteiger partial charge is 0.338 e. The monoisotopic (exact) mass is 618 g/mol. The van der Waals surface area contributed by atoms with Gasteiger partial charge in [0.05, 0.1) is 48.3 Å². The highest BCUT2D eigenvalue weighted by atomic mass is 32.1. The number of hydrogen-bond acceptors (Lipinski definition) is 8. The Morgan fingerprint density at radius 1 is 1.09 bits per heavy atom. The fourth-order valence-corrected chi connectivity index (χ4v) is 6.79. The number of methoxy groups -OCH3 is 2. The van der Waals surface area contributed by atoms with Crippen molar-refractivity contribution in [2.45, 2.75) is 26.4 Å². The van der Waals surface area contributed by atoms with Crippen LogP contribution in [-0.4, -0.2) is 35.9 Å². The third-order valence-corrected chi connectivity index (χ3v) is 8.82. The van der Waals surface area contributed by atoms with Crippen molar-refractivity contribution < 1.29 is 19.0 Å². The number of ether oxygens (including phenoxy) is 3. The minimum Gasteiger partial charge on any atom is -0.497 e. The summed E-state index contributed by atoms with van der Waals surface area (Å²) in [6.07, 6.45) is 3.86. The summed E-state index contributed by atoms with van der Waals surface area (Å²) >= 11 is 1.25. The maximum atomic E-state index is 14.3. The minimum absolute atomic E-state index is 0.172. The van der Waals surface area contributed by atoms with E-state index in [2.05, 4.69) is 10.6 Å². The van der Waals surface area contributed by atoms with Gasteiger partial charge in [-0.25, -0.2) is 9.79 Å². The van der Waals surface area contributed by atoms with Crippen LogP contribution in [0.2, 0.25) is 0 Å². The van der Waals surface area contributed by atoms with Crippen LogP contribution < -0.4 is 24.4 Å². The Bertz CT molecular complexity index is 2220. The molecule has 0 saturated heterocycles. The molecule has 2 aromatic heterocycles. The topological polar surface area (TPSA) is 108 Å². The first kappa shape index (κ1) is 29.7. The molecule has 5 aromatic rings. The van der Waals surface area contributed by atoms with Crippen molar-refractivity contribution in [3.05, 3.63) is 126 Å². The summed E-state index contributed by atoms with van der Waals surface area (Å²) in [6, 6.07) is 22.2. The van der Waals surface area contributed by atoms with E-state index < -0.39 is 12.0 Å². The molecule has 1 atom stereocenters. The third-order valence-electron chi connectivity index (χ3n) is 7.83. The Morgan fingerprint density at radius 3 is 2.62 bits per heavy atom. The van der Waals surface area contributed by atoms with E-state index in [1.54, 1.807) is 46.3 Å². The lowest BCUT2D eigenvalue weighted by Crippen LogP contribution is -2.40. The van der Waals surface area contributed by atoms with Gasteiger partial charge >= 0.3 is 5.97 Å². The van der Waals surface area contributed by atoms with Crippen molar-refractivity contribution in [2.24, 2.45) is 4.99 Å². The third kappa shape index (κ3) is 5.32. The number of thiazole rings is 1. The number of carbonyl (C=O) groups excluding carboxylic acids is 1. The van der Waals surface area contributed by atoms with Crippen molar-refractivity contribution in [1.82, 2.24) is 9.13 Å². The SMILES string of the molecule is CCOC(=O)C1=C(C)N=c2s/c(=C/c3cn(Cc4ccccc4C#N)c4ccccc34)c(=O)n2[C@H]1c1cc(OC)ccc1OC. The molecule has 0 N–H and O–H groups in total. The van der Waals surface area contributed by atoms with Gasteiger partial charge < -0.3 is 18.8 Å². The van der Waals surface area contributed by atoms with E-state index in [-0.39, 0.29) is 17.7 Å². The maximum Gasteiger partial charge on any atom is 0.338 e. The van der Waals surface area contributed by atoms with Crippen molar-refractivity contribution >= 4 is 34.3 Å². The fraction of sp³-hybridized carbons (Fsp3) is 0.200. The van der Waals surface area contributed by atoms with Gasteiger partial charge in [0.1, 0.15) is 17.5 Å². The molecule has 0 bridgehead atoms. The Hall–Kier alpha value is -5.40. The quantitative estimate of drug-likeness (QED) is 0.234. The van der Waals surface area contributed by atoms with Gasteiger partial charge in [0.15, 0.2) is 4.80 Å². The largest absolute Gasteiger partial charge is 0.497 e. The molecule has 1 aliphatic rings. The second-order valence-corrected chi connectivity index (χ2v) is 11.4. The molecule has 0 spiro atoms. The number of benzene rings is 3. The zero-order chi connectivity index (χ0) is 31.7. The maximum absolute atomic E-state index is 14.3. The van der Waals surface area contributed by atoms with Crippen LogP contribution in [0.4, 0.5) is 0 Å². The first-order chi connectivity index (χ1) is 21.9. The molecule has 226 valence electrons. The standard InChI is InChI=1S/C35H30N4O5S/c1-5-44-34(41)31-21(2)37-35-39(32(31)27-17-25(42-3)14-15-29(27)43-4)33(40)30(45-35)16-24-20-38(28-13-9-8-12-26(24)28)19-23-11-7-6-10-22(23)18-36/h6-17,20,32H,5,19H2,1-4H3/b30-16+/t32-/m0/s1. The van der Waals surface area contributed by atoms with Gasteiger partial charge in [-0.2, -0.15) is 5.26 Å². The van der Waals surface area contributed by atoms with E-state index in [0.29, 0.717) is 44.2 Å². The summed E-state index contributed by atoms with van der Waals surface area (Å²) in [6.45, 7) is 4.15. The molecule has 0 amide bonds. The molecule has 0 unspecified atom stereocenters. The van der Waals surface area contributed by atoms with Gasteiger partial charge in [-0.1, -0.05) is 47.7 Å². The number of carbonyl (C=O) groups is 1. The molecule has 10 heteroatoms. The highest BCUT2D eigenvalue weighted by Crippen LogP contribution is 2.38. The zero-order valence-corrected chi connectivity index (χ0v) is 26.1. The normalized spacial score (nSPS) is 14.6. The van der Waals surface area contributed by atoms with Crippen LogP contribution in [0.3, 0.4) is 0 Å². The van der Waals surface area contributed by atoms with Crippen molar-refractivity contribution in [2.75, 3.05) is 20.8 Å². The zero-order valence-electron chi connectivity index (χ0n) is 25.2. The average molecular weight is 619 g/mol. The van der Waals surface area contributed by atoms with Gasteiger partial charge in [0.25, 0.3) is 5.56 Å². The van der Waals surface area contributed by atoms with Crippen molar-refractivity contribution in [1.29, 1.82) is 5.26 Å². The number of esters is 1. The number of allylic oxidation sites excluding steroid dienone is 1. The molecule has 45 heavy (non-hydrogen) atoms. The highest BCUT2D eigenvalue weighted by Gasteiger charge is 2.35. The number of nitrogens with zero attached hydrogens (tertiary/aromatic N) is 4. The van der Waals surface area contributed by atoms with E-state index >= 15 is 0 Å². The molecule has 1 aliphatic heterocycles.